The summed E-state index contributed by atoms with van der Waals surface area (Å²) in [5.41, 5.74) is -0.649. The smallest absolute Gasteiger partial charge is 0.317 e. The quantitative estimate of drug-likeness (QED) is 0.427. The summed E-state index contributed by atoms with van der Waals surface area (Å²) in [4.78, 5) is 24.6. The summed E-state index contributed by atoms with van der Waals surface area (Å²) < 4.78 is 16.5. The van der Waals surface area contributed by atoms with Crippen molar-refractivity contribution in [2.75, 3.05) is 19.8 Å². The average Bonchev–Trinajstić information content (AvgIpc) is 3.04. The van der Waals surface area contributed by atoms with Crippen LogP contribution in [0.1, 0.15) is 33.6 Å². The number of carbonyl (C=O) groups is 2. The summed E-state index contributed by atoms with van der Waals surface area (Å²) in [6.45, 7) is 10.7. The minimum atomic E-state index is -0.906. The Hall–Kier alpha value is -1.20. The molecule has 5 heteroatoms. The normalized spacial score (nSPS) is 32.7. The zero-order valence-corrected chi connectivity index (χ0v) is 13.0. The van der Waals surface area contributed by atoms with Crippen molar-refractivity contribution in [3.05, 3.63) is 12.7 Å². The molecule has 3 unspecified atom stereocenters. The van der Waals surface area contributed by atoms with Gasteiger partial charge in [-0.05, 0) is 6.42 Å². The van der Waals surface area contributed by atoms with E-state index in [0.717, 1.165) is 6.42 Å². The van der Waals surface area contributed by atoms with E-state index in [2.05, 4.69) is 6.58 Å². The molecule has 2 rings (SSSR count). The Kier molecular flexibility index (Phi) is 4.54. The van der Waals surface area contributed by atoms with Crippen LogP contribution >= 0.6 is 0 Å². The summed E-state index contributed by atoms with van der Waals surface area (Å²) in [6, 6.07) is 0. The third kappa shape index (κ3) is 2.77. The van der Waals surface area contributed by atoms with Gasteiger partial charge in [-0.3, -0.25) is 9.59 Å². The molecule has 2 aliphatic rings. The van der Waals surface area contributed by atoms with Gasteiger partial charge in [0.1, 0.15) is 12.5 Å². The molecule has 2 saturated heterocycles. The van der Waals surface area contributed by atoms with Crippen molar-refractivity contribution in [3.63, 3.8) is 0 Å². The number of esters is 1. The van der Waals surface area contributed by atoms with Crippen molar-refractivity contribution in [3.8, 4) is 0 Å². The molecule has 0 spiro atoms. The van der Waals surface area contributed by atoms with Crippen LogP contribution < -0.4 is 0 Å². The molecule has 0 amide bonds. The molecule has 2 aliphatic heterocycles. The molecule has 2 fully saturated rings. The molecule has 5 nitrogen and oxygen atoms in total. The molecule has 118 valence electrons. The van der Waals surface area contributed by atoms with Crippen molar-refractivity contribution in [1.29, 1.82) is 0 Å². The van der Waals surface area contributed by atoms with Crippen molar-refractivity contribution in [2.45, 2.75) is 39.4 Å². The Morgan fingerprint density at radius 1 is 1.48 bits per heavy atom. The monoisotopic (exact) mass is 296 g/mol. The van der Waals surface area contributed by atoms with Gasteiger partial charge in [-0.1, -0.05) is 26.8 Å². The van der Waals surface area contributed by atoms with Gasteiger partial charge in [0.2, 0.25) is 0 Å². The molecule has 3 atom stereocenters. The van der Waals surface area contributed by atoms with E-state index in [1.807, 2.05) is 20.8 Å². The lowest BCUT2D eigenvalue weighted by molar-refractivity contribution is -0.199. The Labute approximate surface area is 125 Å². The van der Waals surface area contributed by atoms with E-state index in [0.29, 0.717) is 13.2 Å². The van der Waals surface area contributed by atoms with Crippen LogP contribution in [0, 0.1) is 17.3 Å². The number of rotatable bonds is 6. The van der Waals surface area contributed by atoms with Crippen molar-refractivity contribution >= 4 is 11.8 Å². The topological polar surface area (TPSA) is 61.8 Å². The van der Waals surface area contributed by atoms with Gasteiger partial charge >= 0.3 is 5.97 Å². The SMILES string of the molecule is C=CC1(C)COC(=O)C1C(=O)CC1(C(C)CC)OCCO1. The number of cyclic esters (lactones) is 1. The lowest BCUT2D eigenvalue weighted by atomic mass is 9.75. The van der Waals surface area contributed by atoms with E-state index in [4.69, 9.17) is 14.2 Å². The third-order valence-corrected chi connectivity index (χ3v) is 4.77. The second-order valence-corrected chi connectivity index (χ2v) is 6.21. The van der Waals surface area contributed by atoms with Crippen LogP contribution in [0.4, 0.5) is 0 Å². The summed E-state index contributed by atoms with van der Waals surface area (Å²) in [5, 5.41) is 0. The third-order valence-electron chi connectivity index (χ3n) is 4.77. The van der Waals surface area contributed by atoms with Gasteiger partial charge < -0.3 is 14.2 Å². The van der Waals surface area contributed by atoms with E-state index in [1.54, 1.807) is 6.08 Å². The first kappa shape index (κ1) is 16.2. The highest BCUT2D eigenvalue weighted by Crippen LogP contribution is 2.41. The van der Waals surface area contributed by atoms with E-state index >= 15 is 0 Å². The van der Waals surface area contributed by atoms with Crippen LogP contribution in [-0.4, -0.2) is 37.4 Å². The number of hydrogen-bond acceptors (Lipinski definition) is 5. The Morgan fingerprint density at radius 3 is 2.62 bits per heavy atom. The largest absolute Gasteiger partial charge is 0.464 e. The highest BCUT2D eigenvalue weighted by molar-refractivity contribution is 6.01. The lowest BCUT2D eigenvalue weighted by Gasteiger charge is -2.34. The standard InChI is InChI=1S/C16H24O5/c1-5-11(3)16(20-7-8-21-16)9-12(17)13-14(18)19-10-15(13,4)6-2/h6,11,13H,2,5,7-10H2,1,3-4H3. The molecule has 0 aromatic carbocycles. The van der Waals surface area contributed by atoms with Crippen molar-refractivity contribution in [1.82, 2.24) is 0 Å². The number of ketones is 1. The molecule has 2 heterocycles. The van der Waals surface area contributed by atoms with Gasteiger partial charge in [0.15, 0.2) is 11.6 Å². The van der Waals surface area contributed by atoms with Crippen LogP contribution in [0.15, 0.2) is 12.7 Å². The zero-order valence-electron chi connectivity index (χ0n) is 13.0. The maximum absolute atomic E-state index is 12.7. The van der Waals surface area contributed by atoms with Gasteiger partial charge in [-0.2, -0.15) is 0 Å². The number of ether oxygens (including phenoxy) is 3. The molecule has 0 aromatic rings. The first-order valence-electron chi connectivity index (χ1n) is 7.49. The number of carbonyl (C=O) groups excluding carboxylic acids is 2. The highest BCUT2D eigenvalue weighted by Gasteiger charge is 2.53. The van der Waals surface area contributed by atoms with Gasteiger partial charge in [0, 0.05) is 11.3 Å². The van der Waals surface area contributed by atoms with Gasteiger partial charge in [0.05, 0.1) is 19.6 Å². The molecule has 21 heavy (non-hydrogen) atoms. The molecule has 0 saturated carbocycles. The van der Waals surface area contributed by atoms with Crippen LogP contribution in [0.25, 0.3) is 0 Å². The van der Waals surface area contributed by atoms with E-state index in [-0.39, 0.29) is 24.7 Å². The predicted molar refractivity (Wildman–Crippen MR) is 76.5 cm³/mol. The summed E-state index contributed by atoms with van der Waals surface area (Å²) in [7, 11) is 0. The summed E-state index contributed by atoms with van der Waals surface area (Å²) in [6.07, 6.45) is 2.54. The highest BCUT2D eigenvalue weighted by atomic mass is 16.7. The maximum atomic E-state index is 12.7. The van der Waals surface area contributed by atoms with Gasteiger partial charge in [-0.25, -0.2) is 0 Å². The van der Waals surface area contributed by atoms with E-state index in [1.165, 1.54) is 0 Å². The van der Waals surface area contributed by atoms with Crippen LogP contribution in [0.3, 0.4) is 0 Å². The minimum Gasteiger partial charge on any atom is -0.464 e. The van der Waals surface area contributed by atoms with Crippen LogP contribution in [0.2, 0.25) is 0 Å². The summed E-state index contributed by atoms with van der Waals surface area (Å²) in [5.74, 6) is -2.31. The Balaban J connectivity index is 2.19. The second-order valence-electron chi connectivity index (χ2n) is 6.21. The molecule has 0 radical (unpaired) electrons. The molecule has 0 bridgehead atoms. The predicted octanol–water partition coefficient (Wildman–Crippen LogP) is 2.10. The number of Topliss-reactive ketones (excluding diaryl/α,β-unsaturated/α-hetero) is 1. The zero-order chi connectivity index (χ0) is 15.7. The van der Waals surface area contributed by atoms with Crippen LogP contribution in [-0.2, 0) is 23.8 Å². The fourth-order valence-corrected chi connectivity index (χ4v) is 3.03. The van der Waals surface area contributed by atoms with Gasteiger partial charge in [-0.15, -0.1) is 6.58 Å². The minimum absolute atomic E-state index is 0.0746. The second kappa shape index (κ2) is 5.89. The average molecular weight is 296 g/mol. The molecule has 0 aliphatic carbocycles. The fraction of sp³-hybridized carbons (Fsp3) is 0.750. The Morgan fingerprint density at radius 2 is 2.10 bits per heavy atom. The molecular weight excluding hydrogens is 272 g/mol. The summed E-state index contributed by atoms with van der Waals surface area (Å²) >= 11 is 0. The maximum Gasteiger partial charge on any atom is 0.317 e. The molecule has 0 N–H and O–H groups in total. The fourth-order valence-electron chi connectivity index (χ4n) is 3.03. The first-order chi connectivity index (χ1) is 9.88. The molecule has 0 aromatic heterocycles. The molecular formula is C16H24O5. The van der Waals surface area contributed by atoms with Gasteiger partial charge in [0.25, 0.3) is 0 Å². The number of hydrogen-bond donors (Lipinski definition) is 0. The first-order valence-corrected chi connectivity index (χ1v) is 7.49. The van der Waals surface area contributed by atoms with E-state index < -0.39 is 23.1 Å². The van der Waals surface area contributed by atoms with Crippen molar-refractivity contribution < 1.29 is 23.8 Å². The van der Waals surface area contributed by atoms with E-state index in [9.17, 15) is 9.59 Å². The van der Waals surface area contributed by atoms with Crippen molar-refractivity contribution in [2.24, 2.45) is 17.3 Å². The lowest BCUT2D eigenvalue weighted by Crippen LogP contribution is -2.44. The Bertz CT molecular complexity index is 438. The van der Waals surface area contributed by atoms with Crippen LogP contribution in [0.5, 0.6) is 0 Å².